The number of carbonyl (C=O) groups excluding carboxylic acids is 2. The molecule has 0 bridgehead atoms. The molecule has 1 aliphatic rings. The minimum atomic E-state index is -3.55. The highest BCUT2D eigenvalue weighted by molar-refractivity contribution is 7.89. The summed E-state index contributed by atoms with van der Waals surface area (Å²) in [5, 5.41) is 2.72. The zero-order chi connectivity index (χ0) is 21.3. The molecule has 162 valence electrons. The molecule has 1 amide bonds. The lowest BCUT2D eigenvalue weighted by Gasteiger charge is -2.29. The Hall–Kier alpha value is -1.93. The second kappa shape index (κ2) is 11.3. The largest absolute Gasteiger partial charge is 0.452 e. The number of nitrogens with one attached hydrogen (secondary N) is 1. The molecule has 0 aromatic heterocycles. The van der Waals surface area contributed by atoms with Crippen molar-refractivity contribution in [1.82, 2.24) is 9.62 Å². The van der Waals surface area contributed by atoms with Crippen LogP contribution in [0.2, 0.25) is 0 Å². The van der Waals surface area contributed by atoms with Gasteiger partial charge in [-0.3, -0.25) is 4.79 Å². The van der Waals surface area contributed by atoms with E-state index >= 15 is 0 Å². The topological polar surface area (TPSA) is 92.8 Å². The van der Waals surface area contributed by atoms with E-state index in [1.807, 2.05) is 0 Å². The number of nitrogens with zero attached hydrogens (tertiary/aromatic N) is 1. The second-order valence-electron chi connectivity index (χ2n) is 7.60. The van der Waals surface area contributed by atoms with E-state index in [0.29, 0.717) is 25.6 Å². The van der Waals surface area contributed by atoms with E-state index in [0.717, 1.165) is 38.5 Å². The summed E-state index contributed by atoms with van der Waals surface area (Å²) in [6.07, 6.45) is 5.92. The lowest BCUT2D eigenvalue weighted by Crippen LogP contribution is -2.37. The van der Waals surface area contributed by atoms with E-state index in [1.165, 1.54) is 28.6 Å². The summed E-state index contributed by atoms with van der Waals surface area (Å²) in [5.74, 6) is -0.456. The molecule has 1 N–H and O–H groups in total. The first kappa shape index (κ1) is 23.3. The number of hydrogen-bond acceptors (Lipinski definition) is 5. The van der Waals surface area contributed by atoms with Crippen LogP contribution >= 0.6 is 0 Å². The van der Waals surface area contributed by atoms with Gasteiger partial charge >= 0.3 is 5.97 Å². The van der Waals surface area contributed by atoms with Crippen molar-refractivity contribution in [2.45, 2.75) is 57.3 Å². The highest BCUT2D eigenvalue weighted by Crippen LogP contribution is 2.23. The zero-order valence-electron chi connectivity index (χ0n) is 17.4. The van der Waals surface area contributed by atoms with Crippen molar-refractivity contribution >= 4 is 21.9 Å². The van der Waals surface area contributed by atoms with Gasteiger partial charge in [-0.25, -0.2) is 13.2 Å². The Morgan fingerprint density at radius 1 is 1.10 bits per heavy atom. The minimum absolute atomic E-state index is 0.161. The van der Waals surface area contributed by atoms with Gasteiger partial charge in [0.15, 0.2) is 6.61 Å². The summed E-state index contributed by atoms with van der Waals surface area (Å²) in [4.78, 5) is 24.0. The first-order valence-corrected chi connectivity index (χ1v) is 11.8. The molecule has 0 radical (unpaired) electrons. The quantitative estimate of drug-likeness (QED) is 0.460. The third kappa shape index (κ3) is 7.12. The van der Waals surface area contributed by atoms with Gasteiger partial charge in [-0.2, -0.15) is 4.31 Å². The van der Waals surface area contributed by atoms with E-state index in [2.05, 4.69) is 19.2 Å². The fraction of sp³-hybridized carbons (Fsp3) is 0.619. The molecule has 1 heterocycles. The van der Waals surface area contributed by atoms with Gasteiger partial charge in [-0.1, -0.05) is 33.1 Å². The van der Waals surface area contributed by atoms with Crippen molar-refractivity contribution in [2.75, 3.05) is 26.2 Å². The van der Waals surface area contributed by atoms with Crippen molar-refractivity contribution in [3.05, 3.63) is 29.8 Å². The summed E-state index contributed by atoms with van der Waals surface area (Å²) in [6, 6.07) is 5.67. The van der Waals surface area contributed by atoms with Gasteiger partial charge < -0.3 is 10.1 Å². The van der Waals surface area contributed by atoms with Crippen LogP contribution in [0.15, 0.2) is 29.2 Å². The van der Waals surface area contributed by atoms with Crippen LogP contribution in [0.3, 0.4) is 0 Å². The monoisotopic (exact) mass is 424 g/mol. The first-order valence-electron chi connectivity index (χ1n) is 10.4. The Balaban J connectivity index is 1.83. The lowest BCUT2D eigenvalue weighted by atomic mass is 10.0. The number of rotatable bonds is 10. The molecule has 0 atom stereocenters. The van der Waals surface area contributed by atoms with Crippen LogP contribution in [0.1, 0.15) is 62.7 Å². The predicted molar refractivity (Wildman–Crippen MR) is 111 cm³/mol. The SMILES string of the molecule is CCCCCCNC(=O)COC(=O)c1ccc(S(=O)(=O)N2CCC(C)CC2)cc1. The van der Waals surface area contributed by atoms with E-state index in [4.69, 9.17) is 4.74 Å². The van der Waals surface area contributed by atoms with Crippen LogP contribution in [0.25, 0.3) is 0 Å². The molecule has 0 saturated carbocycles. The third-order valence-electron chi connectivity index (χ3n) is 5.16. The van der Waals surface area contributed by atoms with Gasteiger partial charge in [0.05, 0.1) is 10.5 Å². The van der Waals surface area contributed by atoms with Crippen LogP contribution in [0, 0.1) is 5.92 Å². The first-order chi connectivity index (χ1) is 13.8. The number of sulfonamides is 1. The number of hydrogen-bond donors (Lipinski definition) is 1. The molecule has 0 unspecified atom stereocenters. The molecule has 29 heavy (non-hydrogen) atoms. The molecule has 8 heteroatoms. The fourth-order valence-electron chi connectivity index (χ4n) is 3.18. The van der Waals surface area contributed by atoms with E-state index in [1.54, 1.807) is 0 Å². The molecule has 2 rings (SSSR count). The van der Waals surface area contributed by atoms with Crippen LogP contribution < -0.4 is 5.32 Å². The van der Waals surface area contributed by atoms with Gasteiger partial charge in [0.1, 0.15) is 0 Å². The van der Waals surface area contributed by atoms with E-state index in [-0.39, 0.29) is 23.0 Å². The Morgan fingerprint density at radius 3 is 2.38 bits per heavy atom. The van der Waals surface area contributed by atoms with Crippen molar-refractivity contribution in [3.8, 4) is 0 Å². The van der Waals surface area contributed by atoms with Gasteiger partial charge in [0.25, 0.3) is 5.91 Å². The zero-order valence-corrected chi connectivity index (χ0v) is 18.2. The molecule has 1 fully saturated rings. The fourth-order valence-corrected chi connectivity index (χ4v) is 4.65. The molecule has 1 aromatic rings. The van der Waals surface area contributed by atoms with Gasteiger partial charge in [-0.05, 0) is 49.4 Å². The number of amides is 1. The average Bonchev–Trinajstić information content (AvgIpc) is 2.72. The minimum Gasteiger partial charge on any atom is -0.452 e. The maximum atomic E-state index is 12.7. The Kier molecular flexibility index (Phi) is 9.10. The smallest absolute Gasteiger partial charge is 0.338 e. The number of benzene rings is 1. The molecule has 7 nitrogen and oxygen atoms in total. The molecule has 1 aromatic carbocycles. The molecule has 0 spiro atoms. The van der Waals surface area contributed by atoms with Gasteiger partial charge in [0, 0.05) is 19.6 Å². The summed E-state index contributed by atoms with van der Waals surface area (Å²) in [6.45, 7) is 5.49. The average molecular weight is 425 g/mol. The molecular formula is C21H32N2O5S. The molecule has 1 aliphatic heterocycles. The number of ether oxygens (including phenoxy) is 1. The number of carbonyl (C=O) groups is 2. The van der Waals surface area contributed by atoms with E-state index < -0.39 is 16.0 Å². The molecular weight excluding hydrogens is 392 g/mol. The van der Waals surface area contributed by atoms with Crippen molar-refractivity contribution in [1.29, 1.82) is 0 Å². The van der Waals surface area contributed by atoms with Crippen molar-refractivity contribution in [3.63, 3.8) is 0 Å². The van der Waals surface area contributed by atoms with Crippen LogP contribution in [0.5, 0.6) is 0 Å². The molecule has 0 aliphatic carbocycles. The summed E-state index contributed by atoms with van der Waals surface area (Å²) in [7, 11) is -3.55. The van der Waals surface area contributed by atoms with Crippen molar-refractivity contribution < 1.29 is 22.7 Å². The standard InChI is InChI=1S/C21H32N2O5S/c1-3-4-5-6-13-22-20(24)16-28-21(25)18-7-9-19(10-8-18)29(26,27)23-14-11-17(2)12-15-23/h7-10,17H,3-6,11-16H2,1-2H3,(H,22,24). The maximum Gasteiger partial charge on any atom is 0.338 e. The third-order valence-corrected chi connectivity index (χ3v) is 7.07. The number of unbranched alkanes of at least 4 members (excludes halogenated alkanes) is 3. The van der Waals surface area contributed by atoms with Crippen molar-refractivity contribution in [2.24, 2.45) is 5.92 Å². The Labute approximate surface area is 173 Å². The number of piperidine rings is 1. The second-order valence-corrected chi connectivity index (χ2v) is 9.54. The highest BCUT2D eigenvalue weighted by Gasteiger charge is 2.28. The van der Waals surface area contributed by atoms with Crippen LogP contribution in [-0.2, 0) is 19.6 Å². The molecule has 1 saturated heterocycles. The number of esters is 1. The summed E-state index contributed by atoms with van der Waals surface area (Å²) >= 11 is 0. The summed E-state index contributed by atoms with van der Waals surface area (Å²) < 4.78 is 31.9. The van der Waals surface area contributed by atoms with Gasteiger partial charge in [-0.15, -0.1) is 0 Å². The maximum absolute atomic E-state index is 12.7. The highest BCUT2D eigenvalue weighted by atomic mass is 32.2. The van der Waals surface area contributed by atoms with Crippen LogP contribution in [0.4, 0.5) is 0 Å². The summed E-state index contributed by atoms with van der Waals surface area (Å²) in [5.41, 5.74) is 0.215. The Bertz CT molecular complexity index is 769. The normalized spacial score (nSPS) is 15.8. The van der Waals surface area contributed by atoms with E-state index in [9.17, 15) is 18.0 Å². The Morgan fingerprint density at radius 2 is 1.76 bits per heavy atom. The van der Waals surface area contributed by atoms with Crippen LogP contribution in [-0.4, -0.2) is 50.8 Å². The van der Waals surface area contributed by atoms with Gasteiger partial charge in [0.2, 0.25) is 10.0 Å². The lowest BCUT2D eigenvalue weighted by molar-refractivity contribution is -0.124. The predicted octanol–water partition coefficient (Wildman–Crippen LogP) is 2.96.